The van der Waals surface area contributed by atoms with E-state index in [1.807, 2.05) is 42.7 Å². The Morgan fingerprint density at radius 1 is 1.12 bits per heavy atom. The molecule has 1 atom stereocenters. The lowest BCUT2D eigenvalue weighted by atomic mass is 9.93. The SMILES string of the molecule is CC(C)C(c1cccnc1)N1CCC(Oc2ccc(Cl)cc2)CC1. The summed E-state index contributed by atoms with van der Waals surface area (Å²) in [5.74, 6) is 1.47. The van der Waals surface area contributed by atoms with Gasteiger partial charge in [-0.05, 0) is 54.7 Å². The lowest BCUT2D eigenvalue weighted by molar-refractivity contribution is 0.0601. The van der Waals surface area contributed by atoms with E-state index in [2.05, 4.69) is 29.8 Å². The molecule has 0 spiro atoms. The molecule has 1 aromatic heterocycles. The van der Waals surface area contributed by atoms with Crippen LogP contribution in [0.3, 0.4) is 0 Å². The highest BCUT2D eigenvalue weighted by Gasteiger charge is 2.29. The van der Waals surface area contributed by atoms with Crippen LogP contribution in [-0.2, 0) is 0 Å². The monoisotopic (exact) mass is 344 g/mol. The molecule has 1 aliphatic heterocycles. The molecule has 3 nitrogen and oxygen atoms in total. The van der Waals surface area contributed by atoms with E-state index < -0.39 is 0 Å². The molecule has 1 unspecified atom stereocenters. The van der Waals surface area contributed by atoms with Crippen molar-refractivity contribution in [2.45, 2.75) is 38.8 Å². The van der Waals surface area contributed by atoms with Crippen LogP contribution in [0.25, 0.3) is 0 Å². The Balaban J connectivity index is 1.60. The number of benzene rings is 1. The van der Waals surface area contributed by atoms with Gasteiger partial charge in [0.15, 0.2) is 0 Å². The van der Waals surface area contributed by atoms with Crippen LogP contribution in [-0.4, -0.2) is 29.1 Å². The lowest BCUT2D eigenvalue weighted by Gasteiger charge is -2.39. The minimum atomic E-state index is 0.282. The lowest BCUT2D eigenvalue weighted by Crippen LogP contribution is -2.42. The van der Waals surface area contributed by atoms with E-state index in [0.717, 1.165) is 36.7 Å². The molecule has 1 saturated heterocycles. The summed E-state index contributed by atoms with van der Waals surface area (Å²) in [6.45, 7) is 6.67. The maximum atomic E-state index is 6.11. The van der Waals surface area contributed by atoms with Crippen molar-refractivity contribution in [2.24, 2.45) is 5.92 Å². The Hall–Kier alpha value is -1.58. The Bertz CT molecular complexity index is 622. The number of piperidine rings is 1. The number of pyridine rings is 1. The largest absolute Gasteiger partial charge is 0.490 e. The second-order valence-electron chi connectivity index (χ2n) is 6.78. The Morgan fingerprint density at radius 3 is 2.42 bits per heavy atom. The second-order valence-corrected chi connectivity index (χ2v) is 7.22. The van der Waals surface area contributed by atoms with E-state index in [0.29, 0.717) is 12.0 Å². The zero-order chi connectivity index (χ0) is 16.9. The van der Waals surface area contributed by atoms with Crippen LogP contribution < -0.4 is 4.74 Å². The van der Waals surface area contributed by atoms with Crippen molar-refractivity contribution in [3.8, 4) is 5.75 Å². The topological polar surface area (TPSA) is 25.4 Å². The van der Waals surface area contributed by atoms with Crippen LogP contribution in [0, 0.1) is 5.92 Å². The van der Waals surface area contributed by atoms with Crippen molar-refractivity contribution < 1.29 is 4.74 Å². The van der Waals surface area contributed by atoms with Gasteiger partial charge >= 0.3 is 0 Å². The quantitative estimate of drug-likeness (QED) is 0.765. The van der Waals surface area contributed by atoms with Crippen molar-refractivity contribution >= 4 is 11.6 Å². The summed E-state index contributed by atoms with van der Waals surface area (Å²) in [6, 6.07) is 12.3. The molecule has 2 heterocycles. The van der Waals surface area contributed by atoms with E-state index in [4.69, 9.17) is 16.3 Å². The highest BCUT2D eigenvalue weighted by Crippen LogP contribution is 2.31. The van der Waals surface area contributed by atoms with Gasteiger partial charge in [0, 0.05) is 36.5 Å². The van der Waals surface area contributed by atoms with Crippen molar-refractivity contribution in [2.75, 3.05) is 13.1 Å². The fourth-order valence-electron chi connectivity index (χ4n) is 3.55. The van der Waals surface area contributed by atoms with E-state index in [1.54, 1.807) is 0 Å². The van der Waals surface area contributed by atoms with Crippen LogP contribution in [0.2, 0.25) is 5.02 Å². The molecule has 1 aliphatic rings. The van der Waals surface area contributed by atoms with Gasteiger partial charge in [-0.15, -0.1) is 0 Å². The normalized spacial score (nSPS) is 17.8. The van der Waals surface area contributed by atoms with E-state index in [9.17, 15) is 0 Å². The summed E-state index contributed by atoms with van der Waals surface area (Å²) < 4.78 is 6.11. The maximum Gasteiger partial charge on any atom is 0.119 e. The molecule has 4 heteroatoms. The van der Waals surface area contributed by atoms with E-state index >= 15 is 0 Å². The molecule has 2 aromatic rings. The number of hydrogen-bond donors (Lipinski definition) is 0. The van der Waals surface area contributed by atoms with Crippen molar-refractivity contribution in [1.82, 2.24) is 9.88 Å². The first-order valence-electron chi connectivity index (χ1n) is 8.69. The van der Waals surface area contributed by atoms with Crippen molar-refractivity contribution in [3.05, 3.63) is 59.4 Å². The minimum Gasteiger partial charge on any atom is -0.490 e. The van der Waals surface area contributed by atoms with Crippen LogP contribution in [0.1, 0.15) is 38.3 Å². The standard InChI is InChI=1S/C20H25ClN2O/c1-15(2)20(16-4-3-11-22-14-16)23-12-9-19(10-13-23)24-18-7-5-17(21)6-8-18/h3-8,11,14-15,19-20H,9-10,12-13H2,1-2H3. The molecule has 128 valence electrons. The molecule has 0 saturated carbocycles. The molecule has 0 bridgehead atoms. The van der Waals surface area contributed by atoms with Crippen LogP contribution in [0.15, 0.2) is 48.8 Å². The summed E-state index contributed by atoms with van der Waals surface area (Å²) >= 11 is 5.93. The smallest absolute Gasteiger partial charge is 0.119 e. The fraction of sp³-hybridized carbons (Fsp3) is 0.450. The molecular formula is C20H25ClN2O. The van der Waals surface area contributed by atoms with Gasteiger partial charge in [0.05, 0.1) is 0 Å². The second kappa shape index (κ2) is 8.00. The number of likely N-dealkylation sites (tertiary alicyclic amines) is 1. The summed E-state index contributed by atoms with van der Waals surface area (Å²) in [5.41, 5.74) is 1.31. The van der Waals surface area contributed by atoms with Crippen LogP contribution in [0.5, 0.6) is 5.75 Å². The zero-order valence-corrected chi connectivity index (χ0v) is 15.1. The molecule has 3 rings (SSSR count). The van der Waals surface area contributed by atoms with Crippen LogP contribution >= 0.6 is 11.6 Å². The predicted octanol–water partition coefficient (Wildman–Crippen LogP) is 4.98. The minimum absolute atomic E-state index is 0.282. The summed E-state index contributed by atoms with van der Waals surface area (Å²) in [7, 11) is 0. The Labute approximate surface area is 149 Å². The highest BCUT2D eigenvalue weighted by atomic mass is 35.5. The first kappa shape index (κ1) is 17.2. The van der Waals surface area contributed by atoms with Crippen molar-refractivity contribution in [1.29, 1.82) is 0 Å². The number of hydrogen-bond acceptors (Lipinski definition) is 3. The van der Waals surface area contributed by atoms with Gasteiger partial charge in [-0.3, -0.25) is 9.88 Å². The molecule has 0 radical (unpaired) electrons. The van der Waals surface area contributed by atoms with Gasteiger partial charge in [-0.25, -0.2) is 0 Å². The van der Waals surface area contributed by atoms with Crippen molar-refractivity contribution in [3.63, 3.8) is 0 Å². The zero-order valence-electron chi connectivity index (χ0n) is 14.4. The molecule has 0 aliphatic carbocycles. The number of halogens is 1. The molecular weight excluding hydrogens is 320 g/mol. The molecule has 24 heavy (non-hydrogen) atoms. The van der Waals surface area contributed by atoms with Gasteiger partial charge in [0.25, 0.3) is 0 Å². The van der Waals surface area contributed by atoms with Gasteiger partial charge in [0.2, 0.25) is 0 Å². The number of nitrogens with zero attached hydrogens (tertiary/aromatic N) is 2. The Morgan fingerprint density at radius 2 is 1.83 bits per heavy atom. The molecule has 0 N–H and O–H groups in total. The van der Waals surface area contributed by atoms with E-state index in [-0.39, 0.29) is 6.10 Å². The fourth-order valence-corrected chi connectivity index (χ4v) is 3.67. The molecule has 0 amide bonds. The third-order valence-corrected chi connectivity index (χ3v) is 4.90. The van der Waals surface area contributed by atoms with Gasteiger partial charge < -0.3 is 4.74 Å². The highest BCUT2D eigenvalue weighted by molar-refractivity contribution is 6.30. The third kappa shape index (κ3) is 4.28. The van der Waals surface area contributed by atoms with Gasteiger partial charge in [-0.2, -0.15) is 0 Å². The summed E-state index contributed by atoms with van der Waals surface area (Å²) in [5, 5.41) is 0.744. The first-order chi connectivity index (χ1) is 11.6. The number of aromatic nitrogens is 1. The summed E-state index contributed by atoms with van der Waals surface area (Å²) in [4.78, 5) is 6.87. The average molecular weight is 345 g/mol. The summed E-state index contributed by atoms with van der Waals surface area (Å²) in [6.07, 6.45) is 6.22. The first-order valence-corrected chi connectivity index (χ1v) is 9.07. The average Bonchev–Trinajstić information content (AvgIpc) is 2.59. The number of ether oxygens (including phenoxy) is 1. The maximum absolute atomic E-state index is 6.11. The van der Waals surface area contributed by atoms with Gasteiger partial charge in [0.1, 0.15) is 11.9 Å². The number of rotatable bonds is 5. The third-order valence-electron chi connectivity index (χ3n) is 4.64. The van der Waals surface area contributed by atoms with Crippen LogP contribution in [0.4, 0.5) is 0 Å². The predicted molar refractivity (Wildman–Crippen MR) is 98.5 cm³/mol. The Kier molecular flexibility index (Phi) is 5.75. The van der Waals surface area contributed by atoms with E-state index in [1.165, 1.54) is 5.56 Å². The van der Waals surface area contributed by atoms with Gasteiger partial charge in [-0.1, -0.05) is 31.5 Å². The molecule has 1 aromatic carbocycles. The molecule has 1 fully saturated rings.